The van der Waals surface area contributed by atoms with Crippen LogP contribution in [0.5, 0.6) is 17.2 Å². The number of hydrogen-bond acceptors (Lipinski definition) is 12. The van der Waals surface area contributed by atoms with Crippen molar-refractivity contribution in [2.75, 3.05) is 33.0 Å². The van der Waals surface area contributed by atoms with E-state index in [0.717, 1.165) is 104 Å². The van der Waals surface area contributed by atoms with Crippen molar-refractivity contribution in [1.29, 1.82) is 0 Å². The van der Waals surface area contributed by atoms with Gasteiger partial charge in [-0.1, -0.05) is 117 Å². The van der Waals surface area contributed by atoms with E-state index in [1.807, 2.05) is 30.3 Å². The number of benzene rings is 6. The van der Waals surface area contributed by atoms with Crippen molar-refractivity contribution >= 4 is 54.0 Å². The lowest BCUT2D eigenvalue weighted by Gasteiger charge is -2.18. The topological polar surface area (TPSA) is 118 Å². The maximum atomic E-state index is 15.9. The molecule has 2 aliphatic heterocycles. The summed E-state index contributed by atoms with van der Waals surface area (Å²) in [5, 5.41) is 8.25. The number of ether oxygens (including phenoxy) is 6. The predicted molar refractivity (Wildman–Crippen MR) is 309 cm³/mol. The number of thioether (sulfide) groups is 2. The van der Waals surface area contributed by atoms with Crippen LogP contribution in [0, 0.1) is 17.6 Å². The standard InChI is InChI=1S/C65H66F2N2O8S2/c1-3-5-33-74-57-37-50(27-29-54(57)73-34-9-32-72-41-43-17-28-55-58(36-43)76-55)65(71)77-56-30-26-47(31-35-75-64(70)48-22-20-45(21-23-48)44-18-15-42(10-4-2)16-19-44)62-63(56)79-59(78-62)38-49-24-25-52(61(67)60(49)66)40-69-68-39-51-13-8-12-46-11-6-7-14-53(46)51/h8,12-13,15-16,18-27,29-30,37-40,43,55,58H,3-7,9-11,14,17,28,31-36,41H2,1-2H3/b59-38+,68-39+,69-40+. The molecule has 10 rings (SSSR count). The van der Waals surface area contributed by atoms with E-state index in [9.17, 15) is 9.59 Å². The average molecular weight is 1110 g/mol. The van der Waals surface area contributed by atoms with Gasteiger partial charge in [-0.3, -0.25) is 0 Å². The van der Waals surface area contributed by atoms with Crippen LogP contribution in [0.15, 0.2) is 133 Å². The number of esters is 2. The minimum Gasteiger partial charge on any atom is -0.490 e. The van der Waals surface area contributed by atoms with E-state index in [2.05, 4.69) is 54.4 Å². The molecule has 0 N–H and O–H groups in total. The van der Waals surface area contributed by atoms with Crippen LogP contribution < -0.4 is 14.2 Å². The van der Waals surface area contributed by atoms with Crippen LogP contribution in [0.25, 0.3) is 17.2 Å². The Morgan fingerprint density at radius 3 is 2.19 bits per heavy atom. The van der Waals surface area contributed by atoms with Crippen molar-refractivity contribution in [2.24, 2.45) is 16.1 Å². The summed E-state index contributed by atoms with van der Waals surface area (Å²) in [5.41, 5.74) is 8.41. The second-order valence-corrected chi connectivity index (χ2v) is 22.8. The Balaban J connectivity index is 0.828. The maximum Gasteiger partial charge on any atom is 0.343 e. The molecule has 6 aromatic rings. The Morgan fingerprint density at radius 2 is 1.38 bits per heavy atom. The summed E-state index contributed by atoms with van der Waals surface area (Å²) in [6, 6.07) is 33.5. The van der Waals surface area contributed by atoms with Gasteiger partial charge in [0.1, 0.15) is 5.75 Å². The molecule has 0 aromatic heterocycles. The smallest absolute Gasteiger partial charge is 0.343 e. The van der Waals surface area contributed by atoms with Gasteiger partial charge < -0.3 is 28.4 Å². The second kappa shape index (κ2) is 27.1. The van der Waals surface area contributed by atoms with Crippen molar-refractivity contribution < 1.29 is 46.8 Å². The number of unbranched alkanes of at least 4 members (excludes halogenated alkanes) is 1. The number of nitrogens with zero attached hydrogens (tertiary/aromatic N) is 2. The molecular formula is C65H66F2N2O8S2. The van der Waals surface area contributed by atoms with Crippen molar-refractivity contribution in [3.05, 3.63) is 175 Å². The van der Waals surface area contributed by atoms with Gasteiger partial charge in [0.2, 0.25) is 0 Å². The molecule has 1 saturated carbocycles. The maximum absolute atomic E-state index is 15.9. The molecule has 4 aliphatic rings. The summed E-state index contributed by atoms with van der Waals surface area (Å²) in [6.45, 7) is 6.47. The zero-order chi connectivity index (χ0) is 54.5. The average Bonchev–Trinajstić information content (AvgIpc) is 4.28. The number of hydrogen-bond donors (Lipinski definition) is 0. The second-order valence-electron chi connectivity index (χ2n) is 20.4. The van der Waals surface area contributed by atoms with E-state index >= 15 is 8.78 Å². The van der Waals surface area contributed by atoms with Gasteiger partial charge in [0.15, 0.2) is 23.1 Å². The molecule has 6 aromatic carbocycles. The normalized spacial score (nSPS) is 17.9. The fourth-order valence-electron chi connectivity index (χ4n) is 10.3. The summed E-state index contributed by atoms with van der Waals surface area (Å²) in [6.07, 6.45) is 17.9. The fourth-order valence-corrected chi connectivity index (χ4v) is 12.9. The van der Waals surface area contributed by atoms with Crippen LogP contribution in [0.2, 0.25) is 0 Å². The van der Waals surface area contributed by atoms with E-state index in [0.29, 0.717) is 77.0 Å². The third-order valence-electron chi connectivity index (χ3n) is 14.7. The van der Waals surface area contributed by atoms with Gasteiger partial charge in [-0.2, -0.15) is 10.2 Å². The van der Waals surface area contributed by atoms with Gasteiger partial charge in [-0.15, -0.1) is 0 Å². The van der Waals surface area contributed by atoms with E-state index < -0.39 is 23.6 Å². The molecule has 410 valence electrons. The van der Waals surface area contributed by atoms with E-state index in [4.69, 9.17) is 28.4 Å². The Hall–Kier alpha value is -6.58. The number of carbonyl (C=O) groups excluding carboxylic acids is 2. The molecule has 2 heterocycles. The van der Waals surface area contributed by atoms with Gasteiger partial charge in [0, 0.05) is 42.1 Å². The van der Waals surface area contributed by atoms with Gasteiger partial charge in [0.05, 0.1) is 64.7 Å². The molecule has 14 heteroatoms. The first-order valence-corrected chi connectivity index (χ1v) is 29.4. The van der Waals surface area contributed by atoms with Crippen molar-refractivity contribution in [1.82, 2.24) is 0 Å². The number of rotatable bonds is 24. The lowest BCUT2D eigenvalue weighted by molar-refractivity contribution is 0.0508. The molecule has 0 bridgehead atoms. The first-order valence-electron chi connectivity index (χ1n) is 27.8. The fraction of sp³-hybridized carbons (Fsp3) is 0.354. The molecule has 0 radical (unpaired) electrons. The summed E-state index contributed by atoms with van der Waals surface area (Å²) in [7, 11) is 0. The van der Waals surface area contributed by atoms with Crippen molar-refractivity contribution in [2.45, 2.75) is 119 Å². The highest BCUT2D eigenvalue weighted by Crippen LogP contribution is 2.57. The van der Waals surface area contributed by atoms with Gasteiger partial charge in [-0.05, 0) is 151 Å². The summed E-state index contributed by atoms with van der Waals surface area (Å²) < 4.78 is 68.2. The van der Waals surface area contributed by atoms with Crippen LogP contribution in [-0.4, -0.2) is 69.6 Å². The van der Waals surface area contributed by atoms with Gasteiger partial charge in [-0.25, -0.2) is 18.4 Å². The van der Waals surface area contributed by atoms with E-state index in [-0.39, 0.29) is 29.0 Å². The quantitative estimate of drug-likeness (QED) is 0.0145. The highest BCUT2D eigenvalue weighted by atomic mass is 32.2. The van der Waals surface area contributed by atoms with Crippen molar-refractivity contribution in [3.63, 3.8) is 0 Å². The predicted octanol–water partition coefficient (Wildman–Crippen LogP) is 15.3. The van der Waals surface area contributed by atoms with Gasteiger partial charge >= 0.3 is 11.9 Å². The Kier molecular flexibility index (Phi) is 19.1. The SMILES string of the molecule is CCCCOc1cc(C(=O)Oc2ccc(CCOC(=O)c3ccc(-c4ccc(CCC)cc4)cc3)c3c2S/C(=C/c2ccc(/C=N/N=C/c4cccc5c4CCCC5)c(F)c2F)S3)ccc1OCCCOCC1CCC2OC2C1. The van der Waals surface area contributed by atoms with Crippen LogP contribution in [0.3, 0.4) is 0 Å². The highest BCUT2D eigenvalue weighted by molar-refractivity contribution is 8.25. The minimum atomic E-state index is -1.05. The van der Waals surface area contributed by atoms with Crippen LogP contribution in [0.1, 0.15) is 131 Å². The third kappa shape index (κ3) is 14.4. The van der Waals surface area contributed by atoms with Crippen LogP contribution >= 0.6 is 23.5 Å². The lowest BCUT2D eigenvalue weighted by atomic mass is 9.89. The number of fused-ring (bicyclic) bond motifs is 3. The Labute approximate surface area is 470 Å². The molecule has 2 aliphatic carbocycles. The first kappa shape index (κ1) is 55.7. The summed E-state index contributed by atoms with van der Waals surface area (Å²) >= 11 is 2.62. The summed E-state index contributed by atoms with van der Waals surface area (Å²) in [4.78, 5) is 28.8. The number of carbonyl (C=O) groups is 2. The molecular weight excluding hydrogens is 1040 g/mol. The molecule has 0 spiro atoms. The molecule has 1 saturated heterocycles. The first-order chi connectivity index (χ1) is 38.7. The van der Waals surface area contributed by atoms with Crippen molar-refractivity contribution in [3.8, 4) is 28.4 Å². The monoisotopic (exact) mass is 1100 g/mol. The molecule has 79 heavy (non-hydrogen) atoms. The zero-order valence-electron chi connectivity index (χ0n) is 44.8. The Bertz CT molecular complexity index is 3220. The molecule has 3 unspecified atom stereocenters. The number of epoxide rings is 1. The molecule has 10 nitrogen and oxygen atoms in total. The molecule has 2 fully saturated rings. The highest BCUT2D eigenvalue weighted by Gasteiger charge is 2.43. The Morgan fingerprint density at radius 1 is 0.658 bits per heavy atom. The third-order valence-corrected chi connectivity index (χ3v) is 17.3. The molecule has 3 atom stereocenters. The summed E-state index contributed by atoms with van der Waals surface area (Å²) in [5.74, 6) is -1.38. The molecule has 0 amide bonds. The van der Waals surface area contributed by atoms with Gasteiger partial charge in [0.25, 0.3) is 0 Å². The zero-order valence-corrected chi connectivity index (χ0v) is 46.5. The van der Waals surface area contributed by atoms with Crippen LogP contribution in [0.4, 0.5) is 8.78 Å². The lowest BCUT2D eigenvalue weighted by Crippen LogP contribution is -2.19. The number of halogens is 2. The number of aryl methyl sites for hydroxylation is 2. The minimum absolute atomic E-state index is 0.0296. The van der Waals surface area contributed by atoms with Crippen LogP contribution in [-0.2, 0) is 39.9 Å². The largest absolute Gasteiger partial charge is 0.490 e. The van der Waals surface area contributed by atoms with E-state index in [1.165, 1.54) is 58.6 Å². The van der Waals surface area contributed by atoms with E-state index in [1.54, 1.807) is 48.7 Å².